The first-order valence-corrected chi connectivity index (χ1v) is 7.30. The maximum absolute atomic E-state index is 12.8. The number of amides is 1. The predicted octanol–water partition coefficient (Wildman–Crippen LogP) is 5.33. The first-order valence-electron chi connectivity index (χ1n) is 6.92. The lowest BCUT2D eigenvalue weighted by atomic mass is 10.0. The molecule has 1 amide bonds. The summed E-state index contributed by atoms with van der Waals surface area (Å²) >= 11 is 5.64. The molecule has 0 unspecified atom stereocenters. The Morgan fingerprint density at radius 2 is 1.41 bits per heavy atom. The van der Waals surface area contributed by atoms with Crippen molar-refractivity contribution in [3.63, 3.8) is 0 Å². The van der Waals surface area contributed by atoms with Crippen LogP contribution in [0.25, 0.3) is 0 Å². The summed E-state index contributed by atoms with van der Waals surface area (Å²) in [5.41, 5.74) is -4.78. The fraction of sp³-hybridized carbons (Fsp3) is 0.125. The zero-order valence-corrected chi connectivity index (χ0v) is 13.6. The predicted molar refractivity (Wildman–Crippen MR) is 82.8 cm³/mol. The van der Waals surface area contributed by atoms with Crippen molar-refractivity contribution >= 4 is 29.2 Å². The van der Waals surface area contributed by atoms with Gasteiger partial charge in [0.25, 0.3) is 5.91 Å². The highest BCUT2D eigenvalue weighted by atomic mass is 35.5. The standard InChI is InChI=1S/C16H8ClF6NO3/c17-12-2-1-10(6-11(12)14(26)27)24-13(25)7-3-8(15(18,19)20)5-9(4-7)16(21,22)23/h1-6H,(H,24,25)(H,26,27). The van der Waals surface area contributed by atoms with Gasteiger partial charge in [-0.15, -0.1) is 0 Å². The summed E-state index contributed by atoms with van der Waals surface area (Å²) in [5.74, 6) is -2.72. The van der Waals surface area contributed by atoms with Crippen LogP contribution in [0.5, 0.6) is 0 Å². The van der Waals surface area contributed by atoms with Gasteiger partial charge in [0.05, 0.1) is 21.7 Å². The summed E-state index contributed by atoms with van der Waals surface area (Å²) in [5, 5.41) is 10.8. The Morgan fingerprint density at radius 3 is 1.85 bits per heavy atom. The number of halogens is 7. The van der Waals surface area contributed by atoms with E-state index in [1.54, 1.807) is 0 Å². The Hall–Kier alpha value is -2.75. The smallest absolute Gasteiger partial charge is 0.416 e. The van der Waals surface area contributed by atoms with Crippen molar-refractivity contribution < 1.29 is 41.0 Å². The quantitative estimate of drug-likeness (QED) is 0.671. The lowest BCUT2D eigenvalue weighted by molar-refractivity contribution is -0.143. The summed E-state index contributed by atoms with van der Waals surface area (Å²) in [6.45, 7) is 0. The molecule has 2 N–H and O–H groups in total. The van der Waals surface area contributed by atoms with Crippen LogP contribution in [0.15, 0.2) is 36.4 Å². The second kappa shape index (κ2) is 7.10. The summed E-state index contributed by atoms with van der Waals surface area (Å²) in [6.07, 6.45) is -10.2. The summed E-state index contributed by atoms with van der Waals surface area (Å²) in [7, 11) is 0. The van der Waals surface area contributed by atoms with E-state index in [1.165, 1.54) is 0 Å². The minimum atomic E-state index is -5.10. The minimum absolute atomic E-state index is 0.110. The highest BCUT2D eigenvalue weighted by Gasteiger charge is 2.37. The summed E-state index contributed by atoms with van der Waals surface area (Å²) in [4.78, 5) is 23.1. The van der Waals surface area contributed by atoms with Crippen LogP contribution >= 0.6 is 11.6 Å². The van der Waals surface area contributed by atoms with Crippen LogP contribution in [0.1, 0.15) is 31.8 Å². The van der Waals surface area contributed by atoms with Crippen molar-refractivity contribution in [1.82, 2.24) is 0 Å². The van der Waals surface area contributed by atoms with Gasteiger partial charge < -0.3 is 10.4 Å². The molecule has 0 aliphatic rings. The molecule has 0 aromatic heterocycles. The third kappa shape index (κ3) is 4.91. The molecule has 0 atom stereocenters. The number of nitrogens with one attached hydrogen (secondary N) is 1. The van der Waals surface area contributed by atoms with Gasteiger partial charge in [0, 0.05) is 11.3 Å². The molecule has 0 aliphatic carbocycles. The minimum Gasteiger partial charge on any atom is -0.478 e. The Morgan fingerprint density at radius 1 is 0.889 bits per heavy atom. The number of hydrogen-bond acceptors (Lipinski definition) is 2. The van der Waals surface area contributed by atoms with E-state index in [2.05, 4.69) is 0 Å². The van der Waals surface area contributed by atoms with Crippen LogP contribution in [-0.2, 0) is 12.4 Å². The molecule has 4 nitrogen and oxygen atoms in total. The van der Waals surface area contributed by atoms with E-state index in [1.807, 2.05) is 5.32 Å². The van der Waals surface area contributed by atoms with Crippen molar-refractivity contribution in [2.75, 3.05) is 5.32 Å². The average Bonchev–Trinajstić information content (AvgIpc) is 2.54. The molecule has 0 spiro atoms. The molecule has 11 heteroatoms. The number of carboxylic acid groups (broad SMARTS) is 1. The highest BCUT2D eigenvalue weighted by molar-refractivity contribution is 6.33. The van der Waals surface area contributed by atoms with Crippen LogP contribution < -0.4 is 5.32 Å². The van der Waals surface area contributed by atoms with E-state index < -0.39 is 46.5 Å². The summed E-state index contributed by atoms with van der Waals surface area (Å²) in [6, 6.07) is 3.58. The maximum Gasteiger partial charge on any atom is 0.416 e. The third-order valence-electron chi connectivity index (χ3n) is 3.30. The van der Waals surface area contributed by atoms with Gasteiger partial charge >= 0.3 is 18.3 Å². The van der Waals surface area contributed by atoms with Crippen LogP contribution in [-0.4, -0.2) is 17.0 Å². The summed E-state index contributed by atoms with van der Waals surface area (Å²) < 4.78 is 77.0. The molecule has 0 fully saturated rings. The molecule has 2 rings (SSSR count). The molecule has 0 bridgehead atoms. The fourth-order valence-electron chi connectivity index (χ4n) is 2.06. The Kier molecular flexibility index (Phi) is 5.41. The van der Waals surface area contributed by atoms with Gasteiger partial charge in [0.2, 0.25) is 0 Å². The third-order valence-corrected chi connectivity index (χ3v) is 3.63. The van der Waals surface area contributed by atoms with Gasteiger partial charge in [0.1, 0.15) is 0 Å². The van der Waals surface area contributed by atoms with Gasteiger partial charge in [0.15, 0.2) is 0 Å². The van der Waals surface area contributed by atoms with Crippen LogP contribution in [0.2, 0.25) is 5.02 Å². The Balaban J connectivity index is 2.44. The van der Waals surface area contributed by atoms with E-state index in [9.17, 15) is 35.9 Å². The molecular formula is C16H8ClF6NO3. The van der Waals surface area contributed by atoms with E-state index in [0.29, 0.717) is 0 Å². The molecule has 2 aromatic rings. The van der Waals surface area contributed by atoms with Crippen LogP contribution in [0, 0.1) is 0 Å². The zero-order chi connectivity index (χ0) is 20.6. The molecular weight excluding hydrogens is 404 g/mol. The van der Waals surface area contributed by atoms with Gasteiger partial charge in [-0.1, -0.05) is 11.6 Å². The molecule has 144 valence electrons. The second-order valence-electron chi connectivity index (χ2n) is 5.25. The van der Waals surface area contributed by atoms with Crippen molar-refractivity contribution in [3.8, 4) is 0 Å². The number of anilines is 1. The monoisotopic (exact) mass is 411 g/mol. The van der Waals surface area contributed by atoms with Crippen molar-refractivity contribution in [2.45, 2.75) is 12.4 Å². The fourth-order valence-corrected chi connectivity index (χ4v) is 2.25. The van der Waals surface area contributed by atoms with E-state index in [4.69, 9.17) is 16.7 Å². The number of rotatable bonds is 3. The topological polar surface area (TPSA) is 66.4 Å². The van der Waals surface area contributed by atoms with Crippen molar-refractivity contribution in [2.24, 2.45) is 0 Å². The first-order chi connectivity index (χ1) is 12.3. The van der Waals surface area contributed by atoms with Crippen LogP contribution in [0.3, 0.4) is 0 Å². The molecule has 0 heterocycles. The van der Waals surface area contributed by atoms with Gasteiger partial charge in [-0.25, -0.2) is 4.79 Å². The number of aromatic carboxylic acids is 1. The molecule has 0 saturated carbocycles. The van der Waals surface area contributed by atoms with Crippen molar-refractivity contribution in [3.05, 3.63) is 63.7 Å². The van der Waals surface area contributed by atoms with E-state index in [-0.39, 0.29) is 28.9 Å². The molecule has 27 heavy (non-hydrogen) atoms. The lowest BCUT2D eigenvalue weighted by Crippen LogP contribution is -2.17. The molecule has 0 aliphatic heterocycles. The second-order valence-corrected chi connectivity index (χ2v) is 5.66. The normalized spacial score (nSPS) is 12.0. The zero-order valence-electron chi connectivity index (χ0n) is 12.9. The average molecular weight is 412 g/mol. The van der Waals surface area contributed by atoms with Crippen LogP contribution in [0.4, 0.5) is 32.0 Å². The maximum atomic E-state index is 12.8. The number of hydrogen-bond donors (Lipinski definition) is 2. The molecule has 2 aromatic carbocycles. The number of benzene rings is 2. The number of alkyl halides is 6. The van der Waals surface area contributed by atoms with Gasteiger partial charge in [-0.2, -0.15) is 26.3 Å². The lowest BCUT2D eigenvalue weighted by Gasteiger charge is -2.14. The Labute approximate surface area is 152 Å². The number of carbonyl (C=O) groups is 2. The molecule has 0 saturated heterocycles. The van der Waals surface area contributed by atoms with Gasteiger partial charge in [-0.05, 0) is 36.4 Å². The SMILES string of the molecule is O=C(Nc1ccc(Cl)c(C(=O)O)c1)c1cc(C(F)(F)F)cc(C(F)(F)F)c1. The number of carboxylic acids is 1. The van der Waals surface area contributed by atoms with E-state index in [0.717, 1.165) is 18.2 Å². The largest absolute Gasteiger partial charge is 0.478 e. The van der Waals surface area contributed by atoms with Gasteiger partial charge in [-0.3, -0.25) is 4.79 Å². The highest BCUT2D eigenvalue weighted by Crippen LogP contribution is 2.36. The number of carbonyl (C=O) groups excluding carboxylic acids is 1. The first kappa shape index (κ1) is 20.6. The molecule has 0 radical (unpaired) electrons. The van der Waals surface area contributed by atoms with Crippen molar-refractivity contribution in [1.29, 1.82) is 0 Å². The Bertz CT molecular complexity index is 876. The van der Waals surface area contributed by atoms with E-state index >= 15 is 0 Å².